The minimum Gasteiger partial charge on any atom is -0.456 e. The highest BCUT2D eigenvalue weighted by molar-refractivity contribution is 6.17. The second kappa shape index (κ2) is 12.7. The third kappa shape index (κ3) is 4.72. The minimum absolute atomic E-state index is 0.602. The molecule has 4 heteroatoms. The summed E-state index contributed by atoms with van der Waals surface area (Å²) in [7, 11) is 0. The van der Waals surface area contributed by atoms with Crippen LogP contribution in [-0.2, 0) is 5.41 Å². The van der Waals surface area contributed by atoms with Crippen molar-refractivity contribution in [2.24, 2.45) is 0 Å². The van der Waals surface area contributed by atoms with E-state index < -0.39 is 5.41 Å². The van der Waals surface area contributed by atoms with Crippen molar-refractivity contribution in [2.75, 3.05) is 0 Å². The molecule has 58 heavy (non-hydrogen) atoms. The SMILES string of the molecule is c1ccc(-c2nc(-c3ccc4oc5ccccc5c4c3)nc(-c3cccc4c3C(c3ccccc3)(c3ccccc3)c3ccc5ccc6ccccc6c5c3-4)n2)cc1. The van der Waals surface area contributed by atoms with Crippen LogP contribution in [0, 0.1) is 0 Å². The zero-order valence-electron chi connectivity index (χ0n) is 31.3. The van der Waals surface area contributed by atoms with Gasteiger partial charge in [0.1, 0.15) is 11.2 Å². The van der Waals surface area contributed by atoms with Crippen LogP contribution in [0.5, 0.6) is 0 Å². The Bertz CT molecular complexity index is 3350. The molecule has 0 N–H and O–H groups in total. The molecule has 0 unspecified atom stereocenters. The van der Waals surface area contributed by atoms with Crippen molar-refractivity contribution in [2.45, 2.75) is 5.41 Å². The van der Waals surface area contributed by atoms with E-state index in [1.165, 1.54) is 49.4 Å². The van der Waals surface area contributed by atoms with Crippen molar-refractivity contribution in [1.29, 1.82) is 0 Å². The van der Waals surface area contributed by atoms with Gasteiger partial charge in [0.15, 0.2) is 17.5 Å². The predicted octanol–water partition coefficient (Wildman–Crippen LogP) is 13.4. The fourth-order valence-electron chi connectivity index (χ4n) is 9.52. The van der Waals surface area contributed by atoms with Crippen molar-refractivity contribution in [3.8, 4) is 45.3 Å². The molecule has 11 aromatic rings. The standard InChI is InChI=1S/C54H33N3O/c1-4-16-36(17-5-1)51-55-52(37-30-32-47-44(33-37)41-23-12-13-26-46(41)58-47)57-53(56-51)43-25-14-24-42-49-45(31-29-35-28-27-34-15-10-11-22-40(34)48(35)49)54(50(42)43,38-18-6-2-7-19-38)39-20-8-3-9-21-39/h1-33H. The van der Waals surface area contributed by atoms with Gasteiger partial charge in [-0.05, 0) is 79.2 Å². The Morgan fingerprint density at radius 2 is 0.966 bits per heavy atom. The van der Waals surface area contributed by atoms with E-state index in [9.17, 15) is 0 Å². The van der Waals surface area contributed by atoms with E-state index in [1.54, 1.807) is 0 Å². The highest BCUT2D eigenvalue weighted by atomic mass is 16.3. The number of rotatable bonds is 5. The highest BCUT2D eigenvalue weighted by Gasteiger charge is 2.48. The number of benzene rings is 9. The lowest BCUT2D eigenvalue weighted by Gasteiger charge is -2.35. The molecule has 0 atom stereocenters. The molecule has 1 aliphatic carbocycles. The largest absolute Gasteiger partial charge is 0.456 e. The molecule has 0 saturated heterocycles. The van der Waals surface area contributed by atoms with E-state index in [0.29, 0.717) is 17.5 Å². The van der Waals surface area contributed by atoms with Gasteiger partial charge >= 0.3 is 0 Å². The molecule has 270 valence electrons. The first-order chi connectivity index (χ1) is 28.8. The molecule has 0 fully saturated rings. The Morgan fingerprint density at radius 1 is 0.379 bits per heavy atom. The smallest absolute Gasteiger partial charge is 0.164 e. The van der Waals surface area contributed by atoms with Gasteiger partial charge in [0.05, 0.1) is 5.41 Å². The monoisotopic (exact) mass is 739 g/mol. The lowest BCUT2D eigenvalue weighted by Crippen LogP contribution is -2.29. The van der Waals surface area contributed by atoms with E-state index in [1.807, 2.05) is 42.5 Å². The molecule has 1 aliphatic rings. The molecule has 0 bridgehead atoms. The molecule has 2 aromatic heterocycles. The molecule has 9 aromatic carbocycles. The van der Waals surface area contributed by atoms with Gasteiger partial charge in [0.25, 0.3) is 0 Å². The van der Waals surface area contributed by atoms with Gasteiger partial charge in [-0.1, -0.05) is 176 Å². The quantitative estimate of drug-likeness (QED) is 0.165. The molecular weight excluding hydrogens is 707 g/mol. The van der Waals surface area contributed by atoms with Crippen LogP contribution in [0.2, 0.25) is 0 Å². The van der Waals surface area contributed by atoms with E-state index in [0.717, 1.165) is 44.2 Å². The molecule has 4 nitrogen and oxygen atoms in total. The fraction of sp³-hybridized carbons (Fsp3) is 0.0185. The third-order valence-electron chi connectivity index (χ3n) is 12.0. The molecule has 2 heterocycles. The normalized spacial score (nSPS) is 13.0. The zero-order valence-corrected chi connectivity index (χ0v) is 31.3. The number of hydrogen-bond acceptors (Lipinski definition) is 4. The molecule has 12 rings (SSSR count). The summed E-state index contributed by atoms with van der Waals surface area (Å²) in [6.45, 7) is 0. The average Bonchev–Trinajstić information content (AvgIpc) is 3.83. The molecule has 0 amide bonds. The minimum atomic E-state index is -0.691. The van der Waals surface area contributed by atoms with Gasteiger partial charge in [0, 0.05) is 27.5 Å². The first-order valence-corrected chi connectivity index (χ1v) is 19.7. The topological polar surface area (TPSA) is 51.8 Å². The highest BCUT2D eigenvalue weighted by Crippen LogP contribution is 2.60. The third-order valence-corrected chi connectivity index (χ3v) is 12.0. The number of para-hydroxylation sites is 1. The fourth-order valence-corrected chi connectivity index (χ4v) is 9.52. The Kier molecular flexibility index (Phi) is 7.11. The molecule has 0 aliphatic heterocycles. The van der Waals surface area contributed by atoms with Crippen LogP contribution >= 0.6 is 0 Å². The van der Waals surface area contributed by atoms with Crippen molar-refractivity contribution >= 4 is 43.5 Å². The van der Waals surface area contributed by atoms with E-state index in [-0.39, 0.29) is 0 Å². The van der Waals surface area contributed by atoms with Gasteiger partial charge in [-0.3, -0.25) is 0 Å². The van der Waals surface area contributed by atoms with Gasteiger partial charge in [-0.15, -0.1) is 0 Å². The van der Waals surface area contributed by atoms with Crippen LogP contribution in [0.3, 0.4) is 0 Å². The van der Waals surface area contributed by atoms with Crippen molar-refractivity contribution in [3.63, 3.8) is 0 Å². The van der Waals surface area contributed by atoms with Crippen LogP contribution < -0.4 is 0 Å². The van der Waals surface area contributed by atoms with Crippen LogP contribution in [0.1, 0.15) is 22.3 Å². The molecular formula is C54H33N3O. The van der Waals surface area contributed by atoms with Gasteiger partial charge < -0.3 is 4.42 Å². The van der Waals surface area contributed by atoms with Crippen molar-refractivity contribution in [1.82, 2.24) is 15.0 Å². The second-order valence-electron chi connectivity index (χ2n) is 15.1. The maximum absolute atomic E-state index is 6.22. The lowest BCUT2D eigenvalue weighted by molar-refractivity contribution is 0.669. The average molecular weight is 740 g/mol. The van der Waals surface area contributed by atoms with E-state index in [2.05, 4.69) is 158 Å². The summed E-state index contributed by atoms with van der Waals surface area (Å²) in [6, 6.07) is 71.1. The van der Waals surface area contributed by atoms with E-state index >= 15 is 0 Å². The Balaban J connectivity index is 1.21. The maximum Gasteiger partial charge on any atom is 0.164 e. The van der Waals surface area contributed by atoms with Crippen molar-refractivity contribution < 1.29 is 4.42 Å². The summed E-state index contributed by atoms with van der Waals surface area (Å²) in [4.78, 5) is 16.0. The zero-order chi connectivity index (χ0) is 38.2. The number of fused-ring (bicyclic) bond motifs is 10. The predicted molar refractivity (Wildman–Crippen MR) is 236 cm³/mol. The van der Waals surface area contributed by atoms with Crippen LogP contribution in [0.15, 0.2) is 205 Å². The van der Waals surface area contributed by atoms with Gasteiger partial charge in [0.2, 0.25) is 0 Å². The number of aromatic nitrogens is 3. The maximum atomic E-state index is 6.22. The summed E-state index contributed by atoms with van der Waals surface area (Å²) in [5, 5.41) is 7.01. The van der Waals surface area contributed by atoms with Crippen molar-refractivity contribution in [3.05, 3.63) is 222 Å². The van der Waals surface area contributed by atoms with Crippen LogP contribution in [-0.4, -0.2) is 15.0 Å². The first kappa shape index (κ1) is 32.5. The number of hydrogen-bond donors (Lipinski definition) is 0. The summed E-state index contributed by atoms with van der Waals surface area (Å²) in [5.41, 5.74) is 11.0. The Hall–Kier alpha value is -7.69. The lowest BCUT2D eigenvalue weighted by atomic mass is 9.66. The summed E-state index contributed by atoms with van der Waals surface area (Å²) >= 11 is 0. The first-order valence-electron chi connectivity index (χ1n) is 19.7. The van der Waals surface area contributed by atoms with Gasteiger partial charge in [-0.25, -0.2) is 15.0 Å². The number of furan rings is 1. The summed E-state index contributed by atoms with van der Waals surface area (Å²) in [6.07, 6.45) is 0. The second-order valence-corrected chi connectivity index (χ2v) is 15.1. The van der Waals surface area contributed by atoms with Crippen LogP contribution in [0.4, 0.5) is 0 Å². The Labute approximate surface area is 334 Å². The van der Waals surface area contributed by atoms with Crippen LogP contribution in [0.25, 0.3) is 88.8 Å². The Morgan fingerprint density at radius 3 is 1.74 bits per heavy atom. The molecule has 0 spiro atoms. The van der Waals surface area contributed by atoms with Gasteiger partial charge in [-0.2, -0.15) is 0 Å². The summed E-state index contributed by atoms with van der Waals surface area (Å²) < 4.78 is 6.22. The summed E-state index contributed by atoms with van der Waals surface area (Å²) in [5.74, 6) is 1.84. The molecule has 0 saturated carbocycles. The van der Waals surface area contributed by atoms with E-state index in [4.69, 9.17) is 19.4 Å². The molecule has 0 radical (unpaired) electrons. The number of nitrogens with zero attached hydrogens (tertiary/aromatic N) is 3.